The molecule has 2 nitrogen and oxygen atoms in total. The van der Waals surface area contributed by atoms with Gasteiger partial charge in [0.25, 0.3) is 0 Å². The Morgan fingerprint density at radius 3 is 2.53 bits per heavy atom. The van der Waals surface area contributed by atoms with E-state index in [1.54, 1.807) is 0 Å². The third-order valence-electron chi connectivity index (χ3n) is 2.77. The molecule has 1 aromatic carbocycles. The van der Waals surface area contributed by atoms with Gasteiger partial charge in [0.05, 0.1) is 6.61 Å². The maximum absolute atomic E-state index is 5.64. The molecule has 106 valence electrons. The first-order valence-electron chi connectivity index (χ1n) is 7.01. The van der Waals surface area contributed by atoms with Crippen LogP contribution in [0.1, 0.15) is 32.8 Å². The normalized spacial score (nSPS) is 11.5. The van der Waals surface area contributed by atoms with E-state index in [2.05, 4.69) is 56.9 Å². The molecule has 0 aliphatic heterocycles. The smallest absolute Gasteiger partial charge is 0.0686 e. The zero-order valence-electron chi connectivity index (χ0n) is 12.5. The highest BCUT2D eigenvalue weighted by atomic mass is 16.5. The molecule has 0 saturated carbocycles. The Morgan fingerprint density at radius 2 is 1.89 bits per heavy atom. The predicted molar refractivity (Wildman–Crippen MR) is 82.5 cm³/mol. The van der Waals surface area contributed by atoms with Gasteiger partial charge in [0, 0.05) is 18.7 Å². The molecule has 1 rings (SSSR count). The van der Waals surface area contributed by atoms with Crippen LogP contribution in [0.3, 0.4) is 0 Å². The molecule has 0 fully saturated rings. The average Bonchev–Trinajstić information content (AvgIpc) is 2.36. The highest BCUT2D eigenvalue weighted by molar-refractivity contribution is 5.14. The van der Waals surface area contributed by atoms with Crippen LogP contribution in [-0.2, 0) is 11.2 Å². The van der Waals surface area contributed by atoms with Crippen LogP contribution in [0.2, 0.25) is 0 Å². The largest absolute Gasteiger partial charge is 0.377 e. The van der Waals surface area contributed by atoms with Crippen molar-refractivity contribution >= 4 is 0 Å². The first-order chi connectivity index (χ1) is 8.97. The number of hydrogen-bond donors (Lipinski definition) is 1. The summed E-state index contributed by atoms with van der Waals surface area (Å²) in [6.07, 6.45) is 2.14. The first kappa shape index (κ1) is 15.9. The van der Waals surface area contributed by atoms with Crippen LogP contribution < -0.4 is 5.32 Å². The van der Waals surface area contributed by atoms with E-state index in [-0.39, 0.29) is 5.54 Å². The zero-order valence-corrected chi connectivity index (χ0v) is 12.5. The van der Waals surface area contributed by atoms with E-state index in [0.29, 0.717) is 6.61 Å². The summed E-state index contributed by atoms with van der Waals surface area (Å²) in [5.41, 5.74) is 2.62. The fourth-order valence-corrected chi connectivity index (χ4v) is 1.68. The van der Waals surface area contributed by atoms with Gasteiger partial charge in [0.15, 0.2) is 0 Å². The summed E-state index contributed by atoms with van der Waals surface area (Å²) in [4.78, 5) is 0. The van der Waals surface area contributed by atoms with Gasteiger partial charge in [-0.2, -0.15) is 0 Å². The van der Waals surface area contributed by atoms with Gasteiger partial charge in [-0.05, 0) is 44.7 Å². The molecule has 0 aliphatic carbocycles. The van der Waals surface area contributed by atoms with Gasteiger partial charge >= 0.3 is 0 Å². The second-order valence-electron chi connectivity index (χ2n) is 6.00. The van der Waals surface area contributed by atoms with Gasteiger partial charge in [0.2, 0.25) is 0 Å². The van der Waals surface area contributed by atoms with Crippen LogP contribution in [0.25, 0.3) is 0 Å². The number of ether oxygens (including phenoxy) is 1. The topological polar surface area (TPSA) is 21.3 Å². The molecule has 0 atom stereocenters. The maximum atomic E-state index is 5.64. The lowest BCUT2D eigenvalue weighted by molar-refractivity contribution is 0.151. The second kappa shape index (κ2) is 8.13. The Morgan fingerprint density at radius 1 is 1.21 bits per heavy atom. The third kappa shape index (κ3) is 8.57. The molecule has 0 aliphatic rings. The summed E-state index contributed by atoms with van der Waals surface area (Å²) in [6.45, 7) is 12.8. The summed E-state index contributed by atoms with van der Waals surface area (Å²) in [7, 11) is 0. The average molecular weight is 261 g/mol. The van der Waals surface area contributed by atoms with Crippen molar-refractivity contribution in [2.45, 2.75) is 39.2 Å². The molecule has 0 radical (unpaired) electrons. The Hall–Kier alpha value is -1.12. The SMILES string of the molecule is C=C(CNC(C)(C)C)COCCCc1ccccc1. The van der Waals surface area contributed by atoms with Crippen LogP contribution >= 0.6 is 0 Å². The van der Waals surface area contributed by atoms with Crippen molar-refractivity contribution < 1.29 is 4.74 Å². The molecule has 0 aromatic heterocycles. The standard InChI is InChI=1S/C17H27NO/c1-15(13-18-17(2,3)4)14-19-12-8-11-16-9-6-5-7-10-16/h5-7,9-10,18H,1,8,11-14H2,2-4H3. The number of hydrogen-bond acceptors (Lipinski definition) is 2. The predicted octanol–water partition coefficient (Wildman–Crippen LogP) is 3.58. The summed E-state index contributed by atoms with van der Waals surface area (Å²) in [5, 5.41) is 3.41. The molecule has 0 bridgehead atoms. The summed E-state index contributed by atoms with van der Waals surface area (Å²) in [5.74, 6) is 0. The minimum absolute atomic E-state index is 0.135. The lowest BCUT2D eigenvalue weighted by Crippen LogP contribution is -2.37. The van der Waals surface area contributed by atoms with Crippen molar-refractivity contribution in [3.8, 4) is 0 Å². The molecule has 2 heteroatoms. The van der Waals surface area contributed by atoms with Crippen LogP contribution in [0, 0.1) is 0 Å². The lowest BCUT2D eigenvalue weighted by Gasteiger charge is -2.21. The van der Waals surface area contributed by atoms with E-state index in [9.17, 15) is 0 Å². The van der Waals surface area contributed by atoms with Crippen LogP contribution in [0.5, 0.6) is 0 Å². The van der Waals surface area contributed by atoms with Crippen LogP contribution in [0.15, 0.2) is 42.5 Å². The van der Waals surface area contributed by atoms with Gasteiger partial charge in [-0.3, -0.25) is 0 Å². The van der Waals surface area contributed by atoms with Crippen molar-refractivity contribution in [1.29, 1.82) is 0 Å². The van der Waals surface area contributed by atoms with E-state index in [0.717, 1.165) is 31.6 Å². The van der Waals surface area contributed by atoms with Crippen molar-refractivity contribution in [2.75, 3.05) is 19.8 Å². The maximum Gasteiger partial charge on any atom is 0.0686 e. The van der Waals surface area contributed by atoms with E-state index in [4.69, 9.17) is 4.74 Å². The Labute approximate surface area is 117 Å². The number of benzene rings is 1. The number of nitrogens with one attached hydrogen (secondary N) is 1. The molecule has 19 heavy (non-hydrogen) atoms. The summed E-state index contributed by atoms with van der Waals surface area (Å²) < 4.78 is 5.64. The molecule has 1 N–H and O–H groups in total. The van der Waals surface area contributed by atoms with E-state index in [1.807, 2.05) is 6.07 Å². The molecule has 0 heterocycles. The second-order valence-corrected chi connectivity index (χ2v) is 6.00. The molecule has 1 aromatic rings. The number of rotatable bonds is 8. The fourth-order valence-electron chi connectivity index (χ4n) is 1.68. The molecule has 0 amide bonds. The van der Waals surface area contributed by atoms with E-state index < -0.39 is 0 Å². The van der Waals surface area contributed by atoms with Crippen molar-refractivity contribution in [3.05, 3.63) is 48.0 Å². The highest BCUT2D eigenvalue weighted by Gasteiger charge is 2.08. The molecular formula is C17H27NO. The summed E-state index contributed by atoms with van der Waals surface area (Å²) >= 11 is 0. The Bertz CT molecular complexity index is 365. The van der Waals surface area contributed by atoms with E-state index in [1.165, 1.54) is 5.56 Å². The highest BCUT2D eigenvalue weighted by Crippen LogP contribution is 2.03. The minimum atomic E-state index is 0.135. The van der Waals surface area contributed by atoms with Gasteiger partial charge < -0.3 is 10.1 Å². The monoisotopic (exact) mass is 261 g/mol. The van der Waals surface area contributed by atoms with Crippen molar-refractivity contribution in [1.82, 2.24) is 5.32 Å². The quantitative estimate of drug-likeness (QED) is 0.570. The molecule has 0 spiro atoms. The summed E-state index contributed by atoms with van der Waals surface area (Å²) in [6, 6.07) is 10.5. The Kier molecular flexibility index (Phi) is 6.82. The Balaban J connectivity index is 2.03. The molecule has 0 unspecified atom stereocenters. The third-order valence-corrected chi connectivity index (χ3v) is 2.77. The first-order valence-corrected chi connectivity index (χ1v) is 7.01. The fraction of sp³-hybridized carbons (Fsp3) is 0.529. The van der Waals surface area contributed by atoms with Crippen molar-refractivity contribution in [2.24, 2.45) is 0 Å². The lowest BCUT2D eigenvalue weighted by atomic mass is 10.1. The van der Waals surface area contributed by atoms with Crippen LogP contribution in [-0.4, -0.2) is 25.3 Å². The minimum Gasteiger partial charge on any atom is -0.377 e. The molecule has 0 saturated heterocycles. The van der Waals surface area contributed by atoms with Gasteiger partial charge in [-0.15, -0.1) is 0 Å². The number of aryl methyl sites for hydroxylation is 1. The van der Waals surface area contributed by atoms with Gasteiger partial charge in [0.1, 0.15) is 0 Å². The van der Waals surface area contributed by atoms with Crippen molar-refractivity contribution in [3.63, 3.8) is 0 Å². The zero-order chi connectivity index (χ0) is 14.1. The van der Waals surface area contributed by atoms with E-state index >= 15 is 0 Å². The molecular weight excluding hydrogens is 234 g/mol. The van der Waals surface area contributed by atoms with Gasteiger partial charge in [-0.1, -0.05) is 36.9 Å². The van der Waals surface area contributed by atoms with Crippen LogP contribution in [0.4, 0.5) is 0 Å². The van der Waals surface area contributed by atoms with Gasteiger partial charge in [-0.25, -0.2) is 0 Å².